The molecule has 0 atom stereocenters. The van der Waals surface area contributed by atoms with Gasteiger partial charge in [-0.2, -0.15) is 0 Å². The zero-order chi connectivity index (χ0) is 17.5. The molecule has 0 amide bonds. The lowest BCUT2D eigenvalue weighted by molar-refractivity contribution is 1.17. The number of aryl methyl sites for hydroxylation is 1. The summed E-state index contributed by atoms with van der Waals surface area (Å²) in [4.78, 5) is 9.66. The molecule has 5 rings (SSSR count). The van der Waals surface area contributed by atoms with Crippen molar-refractivity contribution in [1.29, 1.82) is 0 Å². The number of fused-ring (bicyclic) bond motifs is 3. The van der Waals surface area contributed by atoms with Gasteiger partial charge in [0.2, 0.25) is 0 Å². The minimum atomic E-state index is 0.790. The molecule has 0 aliphatic heterocycles. The Bertz CT molecular complexity index is 1220. The van der Waals surface area contributed by atoms with Crippen molar-refractivity contribution in [2.75, 3.05) is 0 Å². The second-order valence-electron chi connectivity index (χ2n) is 6.35. The van der Waals surface area contributed by atoms with Crippen LogP contribution in [0.2, 0.25) is 0 Å². The predicted octanol–water partition coefficient (Wildman–Crippen LogP) is 6.49. The second kappa shape index (κ2) is 6.04. The minimum Gasteiger partial charge on any atom is -0.232 e. The first-order chi connectivity index (χ1) is 12.8. The lowest BCUT2D eigenvalue weighted by atomic mass is 10.0. The van der Waals surface area contributed by atoms with Gasteiger partial charge in [0.1, 0.15) is 0 Å². The van der Waals surface area contributed by atoms with E-state index >= 15 is 0 Å². The summed E-state index contributed by atoms with van der Waals surface area (Å²) in [6, 6.07) is 27.3. The monoisotopic (exact) mass is 352 g/mol. The molecule has 124 valence electrons. The van der Waals surface area contributed by atoms with Gasteiger partial charge in [-0.25, -0.2) is 9.97 Å². The Balaban J connectivity index is 1.63. The fourth-order valence-electron chi connectivity index (χ4n) is 3.30. The van der Waals surface area contributed by atoms with Crippen molar-refractivity contribution in [3.8, 4) is 22.5 Å². The Morgan fingerprint density at radius 2 is 1.31 bits per heavy atom. The van der Waals surface area contributed by atoms with E-state index in [1.807, 2.05) is 6.07 Å². The summed E-state index contributed by atoms with van der Waals surface area (Å²) in [5.41, 5.74) is 5.56. The Morgan fingerprint density at radius 3 is 2.12 bits per heavy atom. The summed E-state index contributed by atoms with van der Waals surface area (Å²) in [6.45, 7) is 2.07. The van der Waals surface area contributed by atoms with E-state index < -0.39 is 0 Å². The van der Waals surface area contributed by atoms with Crippen LogP contribution in [0.1, 0.15) is 5.69 Å². The van der Waals surface area contributed by atoms with Crippen LogP contribution in [0.15, 0.2) is 78.9 Å². The van der Waals surface area contributed by atoms with Crippen LogP contribution < -0.4 is 0 Å². The molecular weight excluding hydrogens is 336 g/mol. The van der Waals surface area contributed by atoms with Crippen molar-refractivity contribution in [2.24, 2.45) is 0 Å². The SMILES string of the molecule is Cc1nc(-c2ccc(-c3ccccc3)cc2)nc2c1sc1ccccc12. The average molecular weight is 352 g/mol. The van der Waals surface area contributed by atoms with Gasteiger partial charge < -0.3 is 0 Å². The fraction of sp³-hybridized carbons (Fsp3) is 0.0435. The topological polar surface area (TPSA) is 25.8 Å². The summed E-state index contributed by atoms with van der Waals surface area (Å²) in [7, 11) is 0. The van der Waals surface area contributed by atoms with Crippen LogP contribution >= 0.6 is 11.3 Å². The largest absolute Gasteiger partial charge is 0.232 e. The van der Waals surface area contributed by atoms with E-state index in [0.29, 0.717) is 0 Å². The van der Waals surface area contributed by atoms with Gasteiger partial charge >= 0.3 is 0 Å². The van der Waals surface area contributed by atoms with Gasteiger partial charge in [-0.3, -0.25) is 0 Å². The molecule has 26 heavy (non-hydrogen) atoms. The number of rotatable bonds is 2. The van der Waals surface area contributed by atoms with Gasteiger partial charge in [0.05, 0.1) is 15.9 Å². The number of hydrogen-bond donors (Lipinski definition) is 0. The molecule has 2 heterocycles. The lowest BCUT2D eigenvalue weighted by Crippen LogP contribution is -1.92. The molecule has 0 N–H and O–H groups in total. The van der Waals surface area contributed by atoms with Crippen LogP contribution in [0, 0.1) is 6.92 Å². The molecule has 3 heteroatoms. The number of benzene rings is 3. The molecule has 0 aliphatic rings. The zero-order valence-corrected chi connectivity index (χ0v) is 15.1. The van der Waals surface area contributed by atoms with Gasteiger partial charge in [0.15, 0.2) is 5.82 Å². The zero-order valence-electron chi connectivity index (χ0n) is 14.3. The Labute approximate surface area is 155 Å². The van der Waals surface area contributed by atoms with E-state index in [4.69, 9.17) is 9.97 Å². The van der Waals surface area contributed by atoms with Crippen molar-refractivity contribution >= 4 is 31.6 Å². The smallest absolute Gasteiger partial charge is 0.160 e. The van der Waals surface area contributed by atoms with E-state index in [2.05, 4.69) is 79.7 Å². The molecular formula is C23H16N2S. The van der Waals surface area contributed by atoms with Gasteiger partial charge in [0.25, 0.3) is 0 Å². The highest BCUT2D eigenvalue weighted by molar-refractivity contribution is 7.25. The van der Waals surface area contributed by atoms with E-state index in [9.17, 15) is 0 Å². The standard InChI is InChI=1S/C23H16N2S/c1-15-22-21(19-9-5-6-10-20(19)26-22)25-23(24-15)18-13-11-17(12-14-18)16-7-3-2-4-8-16/h2-14H,1H3. The highest BCUT2D eigenvalue weighted by Crippen LogP contribution is 2.35. The molecule has 2 nitrogen and oxygen atoms in total. The normalized spacial score (nSPS) is 11.3. The van der Waals surface area contributed by atoms with Crippen LogP contribution in [0.4, 0.5) is 0 Å². The summed E-state index contributed by atoms with van der Waals surface area (Å²) in [5.74, 6) is 0.790. The third-order valence-corrected chi connectivity index (χ3v) is 5.91. The van der Waals surface area contributed by atoms with Crippen molar-refractivity contribution in [3.63, 3.8) is 0 Å². The first-order valence-electron chi connectivity index (χ1n) is 8.61. The first-order valence-corrected chi connectivity index (χ1v) is 9.43. The molecule has 0 saturated heterocycles. The quantitative estimate of drug-likeness (QED) is 0.363. The highest BCUT2D eigenvalue weighted by atomic mass is 32.1. The Hall–Kier alpha value is -3.04. The summed E-state index contributed by atoms with van der Waals surface area (Å²) in [6.07, 6.45) is 0. The average Bonchev–Trinajstić information content (AvgIpc) is 3.08. The number of aromatic nitrogens is 2. The van der Waals surface area contributed by atoms with Gasteiger partial charge in [-0.15, -0.1) is 11.3 Å². The van der Waals surface area contributed by atoms with Crippen LogP contribution in [-0.4, -0.2) is 9.97 Å². The Morgan fingerprint density at radius 1 is 0.654 bits per heavy atom. The summed E-state index contributed by atoms with van der Waals surface area (Å²) < 4.78 is 2.44. The molecule has 0 fully saturated rings. The molecule has 0 radical (unpaired) electrons. The van der Waals surface area contributed by atoms with E-state index in [-0.39, 0.29) is 0 Å². The summed E-state index contributed by atoms with van der Waals surface area (Å²) >= 11 is 1.77. The van der Waals surface area contributed by atoms with Crippen LogP contribution in [-0.2, 0) is 0 Å². The van der Waals surface area contributed by atoms with Crippen molar-refractivity contribution < 1.29 is 0 Å². The first kappa shape index (κ1) is 15.2. The lowest BCUT2D eigenvalue weighted by Gasteiger charge is -2.05. The van der Waals surface area contributed by atoms with E-state index in [1.165, 1.54) is 25.9 Å². The van der Waals surface area contributed by atoms with Gasteiger partial charge in [-0.1, -0.05) is 72.8 Å². The maximum Gasteiger partial charge on any atom is 0.160 e. The minimum absolute atomic E-state index is 0.790. The molecule has 0 unspecified atom stereocenters. The molecule has 0 aliphatic carbocycles. The highest BCUT2D eigenvalue weighted by Gasteiger charge is 2.12. The van der Waals surface area contributed by atoms with Crippen molar-refractivity contribution in [1.82, 2.24) is 9.97 Å². The van der Waals surface area contributed by atoms with Gasteiger partial charge in [0, 0.05) is 15.6 Å². The molecule has 5 aromatic rings. The summed E-state index contributed by atoms with van der Waals surface area (Å²) in [5, 5.41) is 1.21. The fourth-order valence-corrected chi connectivity index (χ4v) is 4.39. The van der Waals surface area contributed by atoms with Crippen molar-refractivity contribution in [3.05, 3.63) is 84.6 Å². The molecule has 0 spiro atoms. The predicted molar refractivity (Wildman–Crippen MR) is 111 cm³/mol. The molecule has 2 aromatic heterocycles. The second-order valence-corrected chi connectivity index (χ2v) is 7.40. The van der Waals surface area contributed by atoms with E-state index in [1.54, 1.807) is 11.3 Å². The van der Waals surface area contributed by atoms with Crippen LogP contribution in [0.5, 0.6) is 0 Å². The number of hydrogen-bond acceptors (Lipinski definition) is 3. The van der Waals surface area contributed by atoms with Gasteiger partial charge in [-0.05, 0) is 24.1 Å². The molecule has 0 saturated carbocycles. The van der Waals surface area contributed by atoms with Crippen molar-refractivity contribution in [2.45, 2.75) is 6.92 Å². The number of nitrogens with zero attached hydrogens (tertiary/aromatic N) is 2. The van der Waals surface area contributed by atoms with E-state index in [0.717, 1.165) is 22.6 Å². The third-order valence-electron chi connectivity index (χ3n) is 4.64. The molecule has 3 aromatic carbocycles. The Kier molecular flexibility index (Phi) is 3.54. The van der Waals surface area contributed by atoms with Crippen LogP contribution in [0.3, 0.4) is 0 Å². The van der Waals surface area contributed by atoms with Crippen LogP contribution in [0.25, 0.3) is 42.8 Å². The third kappa shape index (κ3) is 2.49. The maximum absolute atomic E-state index is 4.90. The maximum atomic E-state index is 4.90. The number of thiophene rings is 1. The molecule has 0 bridgehead atoms.